The summed E-state index contributed by atoms with van der Waals surface area (Å²) in [7, 11) is 0. The van der Waals surface area contributed by atoms with Crippen LogP contribution in [0.5, 0.6) is 0 Å². The van der Waals surface area contributed by atoms with E-state index in [2.05, 4.69) is 28.7 Å². The Morgan fingerprint density at radius 2 is 2.06 bits per heavy atom. The topological polar surface area (TPSA) is 29.0 Å². The largest absolute Gasteiger partial charge is 0.339 e. The number of hydrogen-bond donors (Lipinski definition) is 0. The molecule has 94 valence electrons. The van der Waals surface area contributed by atoms with Gasteiger partial charge in [-0.15, -0.1) is 11.6 Å². The SMILES string of the molecule is Cc1nc(N2CC(C)SC(C)C2)ncc1CCl. The van der Waals surface area contributed by atoms with Gasteiger partial charge in [0.1, 0.15) is 0 Å². The molecule has 0 aromatic carbocycles. The van der Waals surface area contributed by atoms with Gasteiger partial charge in [0.2, 0.25) is 5.95 Å². The third kappa shape index (κ3) is 3.05. The van der Waals surface area contributed by atoms with Crippen LogP contribution in [0.4, 0.5) is 5.95 Å². The summed E-state index contributed by atoms with van der Waals surface area (Å²) in [5.41, 5.74) is 2.01. The summed E-state index contributed by atoms with van der Waals surface area (Å²) in [5.74, 6) is 1.32. The van der Waals surface area contributed by atoms with Gasteiger partial charge in [-0.3, -0.25) is 0 Å². The predicted molar refractivity (Wildman–Crippen MR) is 75.1 cm³/mol. The van der Waals surface area contributed by atoms with Gasteiger partial charge in [0.25, 0.3) is 0 Å². The number of nitrogens with zero attached hydrogens (tertiary/aromatic N) is 3. The molecule has 5 heteroatoms. The first-order valence-corrected chi connectivity index (χ1v) is 7.36. The summed E-state index contributed by atoms with van der Waals surface area (Å²) >= 11 is 7.85. The highest BCUT2D eigenvalue weighted by atomic mass is 35.5. The van der Waals surface area contributed by atoms with Crippen molar-refractivity contribution in [3.63, 3.8) is 0 Å². The van der Waals surface area contributed by atoms with E-state index in [1.807, 2.05) is 24.9 Å². The highest BCUT2D eigenvalue weighted by Gasteiger charge is 2.24. The first-order valence-electron chi connectivity index (χ1n) is 5.89. The Balaban J connectivity index is 2.19. The molecule has 1 aromatic heterocycles. The van der Waals surface area contributed by atoms with Gasteiger partial charge in [0.15, 0.2) is 0 Å². The molecule has 1 aliphatic rings. The third-order valence-corrected chi connectivity index (χ3v) is 4.43. The molecule has 2 heterocycles. The van der Waals surface area contributed by atoms with Crippen LogP contribution in [0, 0.1) is 6.92 Å². The van der Waals surface area contributed by atoms with E-state index in [9.17, 15) is 0 Å². The molecule has 0 amide bonds. The fourth-order valence-corrected chi connectivity index (χ4v) is 3.69. The minimum Gasteiger partial charge on any atom is -0.339 e. The van der Waals surface area contributed by atoms with Gasteiger partial charge in [0, 0.05) is 41.0 Å². The maximum Gasteiger partial charge on any atom is 0.225 e. The van der Waals surface area contributed by atoms with Crippen LogP contribution in [0.25, 0.3) is 0 Å². The Kier molecular flexibility index (Phi) is 4.15. The lowest BCUT2D eigenvalue weighted by atomic mass is 10.3. The molecule has 1 aliphatic heterocycles. The van der Waals surface area contributed by atoms with Crippen LogP contribution < -0.4 is 4.90 Å². The maximum absolute atomic E-state index is 5.82. The van der Waals surface area contributed by atoms with Crippen LogP contribution in [-0.2, 0) is 5.88 Å². The number of halogens is 1. The molecular weight excluding hydrogens is 254 g/mol. The van der Waals surface area contributed by atoms with E-state index in [4.69, 9.17) is 11.6 Å². The molecule has 0 saturated carbocycles. The molecule has 1 aromatic rings. The Labute approximate surface area is 112 Å². The predicted octanol–water partition coefficient (Wildman–Crippen LogP) is 2.85. The van der Waals surface area contributed by atoms with E-state index >= 15 is 0 Å². The number of alkyl halides is 1. The van der Waals surface area contributed by atoms with Gasteiger partial charge in [-0.1, -0.05) is 13.8 Å². The van der Waals surface area contributed by atoms with Crippen molar-refractivity contribution < 1.29 is 0 Å². The zero-order chi connectivity index (χ0) is 12.4. The average molecular weight is 272 g/mol. The average Bonchev–Trinajstić information content (AvgIpc) is 2.27. The van der Waals surface area contributed by atoms with E-state index in [0.717, 1.165) is 30.3 Å². The van der Waals surface area contributed by atoms with Crippen molar-refractivity contribution in [3.8, 4) is 0 Å². The zero-order valence-electron chi connectivity index (χ0n) is 10.5. The fraction of sp³-hybridized carbons (Fsp3) is 0.667. The van der Waals surface area contributed by atoms with Gasteiger partial charge >= 0.3 is 0 Å². The Bertz CT molecular complexity index is 389. The molecule has 2 rings (SSSR count). The molecule has 2 unspecified atom stereocenters. The number of rotatable bonds is 2. The third-order valence-electron chi connectivity index (χ3n) is 2.91. The summed E-state index contributed by atoms with van der Waals surface area (Å²) in [6.07, 6.45) is 1.85. The highest BCUT2D eigenvalue weighted by Crippen LogP contribution is 2.27. The lowest BCUT2D eigenvalue weighted by Crippen LogP contribution is -2.41. The Hall–Kier alpha value is -0.480. The smallest absolute Gasteiger partial charge is 0.225 e. The summed E-state index contributed by atoms with van der Waals surface area (Å²) in [6.45, 7) is 8.55. The highest BCUT2D eigenvalue weighted by molar-refractivity contribution is 8.00. The number of thioether (sulfide) groups is 1. The number of hydrogen-bond acceptors (Lipinski definition) is 4. The van der Waals surface area contributed by atoms with Gasteiger partial charge in [-0.2, -0.15) is 11.8 Å². The summed E-state index contributed by atoms with van der Waals surface area (Å²) < 4.78 is 0. The second kappa shape index (κ2) is 5.44. The van der Waals surface area contributed by atoms with Gasteiger partial charge in [0.05, 0.1) is 5.88 Å². The fourth-order valence-electron chi connectivity index (χ4n) is 2.10. The number of aryl methyl sites for hydroxylation is 1. The van der Waals surface area contributed by atoms with E-state index in [1.165, 1.54) is 0 Å². The summed E-state index contributed by atoms with van der Waals surface area (Å²) in [4.78, 5) is 11.3. The maximum atomic E-state index is 5.82. The van der Waals surface area contributed by atoms with Crippen LogP contribution in [0.3, 0.4) is 0 Å². The molecule has 3 nitrogen and oxygen atoms in total. The van der Waals surface area contributed by atoms with Crippen molar-refractivity contribution in [2.45, 2.75) is 37.2 Å². The minimum absolute atomic E-state index is 0.481. The van der Waals surface area contributed by atoms with Crippen LogP contribution in [0.1, 0.15) is 25.1 Å². The van der Waals surface area contributed by atoms with Crippen LogP contribution >= 0.6 is 23.4 Å². The number of anilines is 1. The molecule has 0 radical (unpaired) electrons. The molecule has 0 N–H and O–H groups in total. The lowest BCUT2D eigenvalue weighted by Gasteiger charge is -2.34. The number of aromatic nitrogens is 2. The molecular formula is C12H18ClN3S. The molecule has 1 saturated heterocycles. The first-order chi connectivity index (χ1) is 8.10. The second-order valence-corrected chi connectivity index (χ2v) is 6.73. The molecule has 0 spiro atoms. The van der Waals surface area contributed by atoms with E-state index in [-0.39, 0.29) is 0 Å². The molecule has 2 atom stereocenters. The van der Waals surface area contributed by atoms with Gasteiger partial charge in [-0.05, 0) is 6.92 Å². The van der Waals surface area contributed by atoms with E-state index in [1.54, 1.807) is 0 Å². The Morgan fingerprint density at radius 1 is 1.41 bits per heavy atom. The molecule has 0 bridgehead atoms. The monoisotopic (exact) mass is 271 g/mol. The molecule has 17 heavy (non-hydrogen) atoms. The van der Waals surface area contributed by atoms with E-state index in [0.29, 0.717) is 16.4 Å². The van der Waals surface area contributed by atoms with Crippen molar-refractivity contribution >= 4 is 29.3 Å². The van der Waals surface area contributed by atoms with Crippen LogP contribution in [0.15, 0.2) is 6.20 Å². The van der Waals surface area contributed by atoms with Crippen molar-refractivity contribution in [1.82, 2.24) is 9.97 Å². The van der Waals surface area contributed by atoms with Crippen LogP contribution in [-0.4, -0.2) is 33.6 Å². The lowest BCUT2D eigenvalue weighted by molar-refractivity contribution is 0.704. The molecule has 0 aliphatic carbocycles. The van der Waals surface area contributed by atoms with Gasteiger partial charge < -0.3 is 4.90 Å². The van der Waals surface area contributed by atoms with E-state index < -0.39 is 0 Å². The standard InChI is InChI=1S/C12H18ClN3S/c1-8-6-16(7-9(2)17-8)12-14-5-11(4-13)10(3)15-12/h5,8-9H,4,6-7H2,1-3H3. The molecule has 1 fully saturated rings. The first kappa shape index (κ1) is 13.0. The van der Waals surface area contributed by atoms with Crippen molar-refractivity contribution in [2.24, 2.45) is 0 Å². The second-order valence-electron chi connectivity index (χ2n) is 4.58. The van der Waals surface area contributed by atoms with Gasteiger partial charge in [-0.25, -0.2) is 9.97 Å². The summed E-state index contributed by atoms with van der Waals surface area (Å²) in [5, 5.41) is 1.27. The Morgan fingerprint density at radius 3 is 2.59 bits per heavy atom. The normalized spacial score (nSPS) is 25.1. The zero-order valence-corrected chi connectivity index (χ0v) is 12.1. The minimum atomic E-state index is 0.481. The summed E-state index contributed by atoms with van der Waals surface area (Å²) in [6, 6.07) is 0. The van der Waals surface area contributed by atoms with Crippen molar-refractivity contribution in [1.29, 1.82) is 0 Å². The van der Waals surface area contributed by atoms with Crippen molar-refractivity contribution in [3.05, 3.63) is 17.5 Å². The van der Waals surface area contributed by atoms with Crippen LogP contribution in [0.2, 0.25) is 0 Å². The quantitative estimate of drug-likeness (QED) is 0.774. The van der Waals surface area contributed by atoms with Crippen molar-refractivity contribution in [2.75, 3.05) is 18.0 Å².